The van der Waals surface area contributed by atoms with E-state index in [2.05, 4.69) is 47.6 Å². The van der Waals surface area contributed by atoms with Gasteiger partial charge in [-0.2, -0.15) is 11.8 Å². The molecule has 102 valence electrons. The number of hydrogen-bond acceptors (Lipinski definition) is 5. The fourth-order valence-corrected chi connectivity index (χ4v) is 2.25. The van der Waals surface area contributed by atoms with E-state index in [0.717, 1.165) is 31.1 Å². The molecule has 0 amide bonds. The minimum absolute atomic E-state index is 0.406. The number of aromatic nitrogens is 2. The smallest absolute Gasteiger partial charge is 0.134 e. The third-order valence-corrected chi connectivity index (χ3v) is 3.32. The van der Waals surface area contributed by atoms with E-state index in [-0.39, 0.29) is 0 Å². The van der Waals surface area contributed by atoms with E-state index in [1.165, 1.54) is 11.3 Å². The van der Waals surface area contributed by atoms with Crippen LogP contribution in [0, 0.1) is 0 Å². The van der Waals surface area contributed by atoms with Gasteiger partial charge in [-0.15, -0.1) is 0 Å². The van der Waals surface area contributed by atoms with Crippen LogP contribution in [-0.2, 0) is 0 Å². The Kier molecular flexibility index (Phi) is 6.86. The molecule has 0 aromatic carbocycles. The van der Waals surface area contributed by atoms with E-state index in [9.17, 15) is 0 Å². The highest BCUT2D eigenvalue weighted by molar-refractivity contribution is 7.98. The largest absolute Gasteiger partial charge is 0.370 e. The van der Waals surface area contributed by atoms with E-state index in [1.807, 2.05) is 11.8 Å². The fourth-order valence-electron chi connectivity index (χ4n) is 1.81. The molecular formula is C13H24N4S. The van der Waals surface area contributed by atoms with Crippen molar-refractivity contribution in [2.24, 2.45) is 0 Å². The van der Waals surface area contributed by atoms with E-state index < -0.39 is 0 Å². The van der Waals surface area contributed by atoms with Gasteiger partial charge in [-0.25, -0.2) is 9.97 Å². The van der Waals surface area contributed by atoms with Gasteiger partial charge >= 0.3 is 0 Å². The second-order valence-corrected chi connectivity index (χ2v) is 5.43. The molecule has 1 aromatic heterocycles. The van der Waals surface area contributed by atoms with Gasteiger partial charge in [-0.05, 0) is 31.3 Å². The van der Waals surface area contributed by atoms with E-state index in [1.54, 1.807) is 6.33 Å². The van der Waals surface area contributed by atoms with E-state index in [0.29, 0.717) is 5.92 Å². The predicted molar refractivity (Wildman–Crippen MR) is 81.8 cm³/mol. The van der Waals surface area contributed by atoms with E-state index in [4.69, 9.17) is 0 Å². The number of nitrogens with zero attached hydrogens (tertiary/aromatic N) is 2. The lowest BCUT2D eigenvalue weighted by Crippen LogP contribution is -2.12. The van der Waals surface area contributed by atoms with Crippen LogP contribution in [0.5, 0.6) is 0 Å². The summed E-state index contributed by atoms with van der Waals surface area (Å²) in [6.07, 6.45) is 4.91. The van der Waals surface area contributed by atoms with Gasteiger partial charge in [0.2, 0.25) is 0 Å². The van der Waals surface area contributed by atoms with Gasteiger partial charge in [0.15, 0.2) is 0 Å². The molecule has 0 saturated carbocycles. The summed E-state index contributed by atoms with van der Waals surface area (Å²) < 4.78 is 0. The summed E-state index contributed by atoms with van der Waals surface area (Å²) >= 11 is 1.87. The fraction of sp³-hybridized carbons (Fsp3) is 0.692. The zero-order chi connectivity index (χ0) is 13.4. The van der Waals surface area contributed by atoms with Gasteiger partial charge in [-0.1, -0.05) is 13.8 Å². The summed E-state index contributed by atoms with van der Waals surface area (Å²) in [5.74, 6) is 3.50. The third kappa shape index (κ3) is 4.37. The van der Waals surface area contributed by atoms with Crippen molar-refractivity contribution >= 4 is 23.4 Å². The average Bonchev–Trinajstić information content (AvgIpc) is 2.35. The lowest BCUT2D eigenvalue weighted by atomic mass is 10.0. The van der Waals surface area contributed by atoms with E-state index >= 15 is 0 Å². The Morgan fingerprint density at radius 2 is 1.89 bits per heavy atom. The number of nitrogens with one attached hydrogen (secondary N) is 2. The molecule has 0 unspecified atom stereocenters. The van der Waals surface area contributed by atoms with Gasteiger partial charge in [0, 0.05) is 18.7 Å². The number of thioether (sulfide) groups is 1. The summed E-state index contributed by atoms with van der Waals surface area (Å²) in [5, 5.41) is 6.73. The minimum Gasteiger partial charge on any atom is -0.370 e. The highest BCUT2D eigenvalue weighted by Gasteiger charge is 2.13. The maximum atomic E-state index is 4.37. The quantitative estimate of drug-likeness (QED) is 0.709. The molecule has 0 bridgehead atoms. The summed E-state index contributed by atoms with van der Waals surface area (Å²) in [7, 11) is 0. The molecule has 0 aliphatic carbocycles. The van der Waals surface area contributed by atoms with Crippen LogP contribution < -0.4 is 10.6 Å². The highest BCUT2D eigenvalue weighted by Crippen LogP contribution is 2.28. The number of anilines is 2. The maximum Gasteiger partial charge on any atom is 0.134 e. The van der Waals surface area contributed by atoms with Crippen molar-refractivity contribution in [1.82, 2.24) is 9.97 Å². The second kappa shape index (κ2) is 8.19. The number of rotatable bonds is 8. The first-order chi connectivity index (χ1) is 8.70. The third-order valence-electron chi connectivity index (χ3n) is 2.62. The average molecular weight is 268 g/mol. The minimum atomic E-state index is 0.406. The standard InChI is InChI=1S/C13H24N4S/c1-5-14-12-11(10(2)3)13(17-9-16-12)15-7-6-8-18-4/h9-10H,5-8H2,1-4H3,(H2,14,15,16,17). The van der Waals surface area contributed by atoms with Crippen molar-refractivity contribution in [2.45, 2.75) is 33.1 Å². The van der Waals surface area contributed by atoms with Gasteiger partial charge < -0.3 is 10.6 Å². The normalized spacial score (nSPS) is 10.7. The lowest BCUT2D eigenvalue weighted by Gasteiger charge is -2.17. The van der Waals surface area contributed by atoms with Crippen LogP contribution in [-0.4, -0.2) is 35.1 Å². The van der Waals surface area contributed by atoms with Crippen LogP contribution in [0.3, 0.4) is 0 Å². The lowest BCUT2D eigenvalue weighted by molar-refractivity contribution is 0.841. The highest BCUT2D eigenvalue weighted by atomic mass is 32.2. The molecule has 0 fully saturated rings. The molecule has 1 rings (SSSR count). The Morgan fingerprint density at radius 3 is 2.44 bits per heavy atom. The molecule has 2 N–H and O–H groups in total. The molecule has 18 heavy (non-hydrogen) atoms. The zero-order valence-corrected chi connectivity index (χ0v) is 12.6. The van der Waals surface area contributed by atoms with Crippen molar-refractivity contribution in [3.05, 3.63) is 11.9 Å². The van der Waals surface area contributed by atoms with Crippen LogP contribution in [0.4, 0.5) is 11.6 Å². The molecule has 0 saturated heterocycles. The van der Waals surface area contributed by atoms with Crippen LogP contribution in [0.25, 0.3) is 0 Å². The van der Waals surface area contributed by atoms with Crippen molar-refractivity contribution in [3.8, 4) is 0 Å². The summed E-state index contributed by atoms with van der Waals surface area (Å²) in [6.45, 7) is 8.27. The van der Waals surface area contributed by atoms with Crippen LogP contribution in [0.15, 0.2) is 6.33 Å². The molecule has 0 radical (unpaired) electrons. The second-order valence-electron chi connectivity index (χ2n) is 4.44. The summed E-state index contributed by atoms with van der Waals surface area (Å²) in [5.41, 5.74) is 1.18. The van der Waals surface area contributed by atoms with Gasteiger partial charge in [0.25, 0.3) is 0 Å². The molecular weight excluding hydrogens is 244 g/mol. The van der Waals surface area contributed by atoms with Crippen LogP contribution in [0.1, 0.15) is 38.7 Å². The topological polar surface area (TPSA) is 49.8 Å². The monoisotopic (exact) mass is 268 g/mol. The molecule has 5 heteroatoms. The van der Waals surface area contributed by atoms with Crippen molar-refractivity contribution in [1.29, 1.82) is 0 Å². The van der Waals surface area contributed by atoms with Crippen molar-refractivity contribution < 1.29 is 0 Å². The van der Waals surface area contributed by atoms with Crippen molar-refractivity contribution in [2.75, 3.05) is 35.7 Å². The summed E-state index contributed by atoms with van der Waals surface area (Å²) in [4.78, 5) is 8.70. The molecule has 0 aliphatic heterocycles. The Labute approximate surface area is 114 Å². The Balaban J connectivity index is 2.78. The zero-order valence-electron chi connectivity index (χ0n) is 11.8. The maximum absolute atomic E-state index is 4.37. The summed E-state index contributed by atoms with van der Waals surface area (Å²) in [6, 6.07) is 0. The molecule has 0 spiro atoms. The Bertz CT molecular complexity index is 355. The molecule has 1 aromatic rings. The van der Waals surface area contributed by atoms with Crippen LogP contribution in [0.2, 0.25) is 0 Å². The van der Waals surface area contributed by atoms with Gasteiger partial charge in [0.05, 0.1) is 0 Å². The van der Waals surface area contributed by atoms with Gasteiger partial charge in [0.1, 0.15) is 18.0 Å². The Hall–Kier alpha value is -0.970. The number of hydrogen-bond donors (Lipinski definition) is 2. The SMILES string of the molecule is CCNc1ncnc(NCCCSC)c1C(C)C. The Morgan fingerprint density at radius 1 is 1.22 bits per heavy atom. The first kappa shape index (κ1) is 15.1. The first-order valence-electron chi connectivity index (χ1n) is 6.52. The predicted octanol–water partition coefficient (Wildman–Crippen LogP) is 3.20. The molecule has 0 aliphatic rings. The first-order valence-corrected chi connectivity index (χ1v) is 7.91. The molecule has 4 nitrogen and oxygen atoms in total. The van der Waals surface area contributed by atoms with Crippen molar-refractivity contribution in [3.63, 3.8) is 0 Å². The van der Waals surface area contributed by atoms with Gasteiger partial charge in [-0.3, -0.25) is 0 Å². The van der Waals surface area contributed by atoms with Crippen LogP contribution >= 0.6 is 11.8 Å². The molecule has 0 atom stereocenters. The molecule has 1 heterocycles.